The monoisotopic (exact) mass is 290 g/mol. The predicted molar refractivity (Wildman–Crippen MR) is 84.0 cm³/mol. The number of amides is 1. The third-order valence-corrected chi connectivity index (χ3v) is 4.21. The second-order valence-electron chi connectivity index (χ2n) is 5.56. The summed E-state index contributed by atoms with van der Waals surface area (Å²) in [5.74, 6) is 0.483. The molecule has 1 fully saturated rings. The average Bonchev–Trinajstić information content (AvgIpc) is 2.56. The fourth-order valence-corrected chi connectivity index (χ4v) is 2.88. The molecule has 0 spiro atoms. The van der Waals surface area contributed by atoms with Crippen LogP contribution in [0.5, 0.6) is 0 Å². The molecular formula is C17H26N2O2. The summed E-state index contributed by atoms with van der Waals surface area (Å²) in [7, 11) is 0. The SMILES string of the molecule is CCC(CC)C(NC(=O)C1COCCN1)c1ccccc1. The zero-order valence-electron chi connectivity index (χ0n) is 13.0. The van der Waals surface area contributed by atoms with Crippen LogP contribution in [0.4, 0.5) is 0 Å². The molecule has 2 N–H and O–H groups in total. The summed E-state index contributed by atoms with van der Waals surface area (Å²) in [6, 6.07) is 10.1. The van der Waals surface area contributed by atoms with Crippen molar-refractivity contribution in [2.45, 2.75) is 38.8 Å². The summed E-state index contributed by atoms with van der Waals surface area (Å²) >= 11 is 0. The first-order chi connectivity index (χ1) is 10.3. The summed E-state index contributed by atoms with van der Waals surface area (Å²) in [6.07, 6.45) is 2.09. The van der Waals surface area contributed by atoms with Crippen LogP contribution >= 0.6 is 0 Å². The molecule has 0 radical (unpaired) electrons. The molecule has 1 aromatic rings. The van der Waals surface area contributed by atoms with Crippen molar-refractivity contribution in [1.29, 1.82) is 0 Å². The van der Waals surface area contributed by atoms with Crippen molar-refractivity contribution >= 4 is 5.91 Å². The molecule has 1 saturated heterocycles. The molecule has 1 aromatic carbocycles. The molecule has 2 atom stereocenters. The lowest BCUT2D eigenvalue weighted by molar-refractivity contribution is -0.127. The molecule has 1 amide bonds. The molecule has 21 heavy (non-hydrogen) atoms. The first-order valence-corrected chi connectivity index (χ1v) is 7.92. The van der Waals surface area contributed by atoms with E-state index >= 15 is 0 Å². The number of hydrogen-bond acceptors (Lipinski definition) is 3. The van der Waals surface area contributed by atoms with Gasteiger partial charge < -0.3 is 15.4 Å². The van der Waals surface area contributed by atoms with Gasteiger partial charge in [0.05, 0.1) is 19.3 Å². The van der Waals surface area contributed by atoms with Crippen LogP contribution in [0.25, 0.3) is 0 Å². The first kappa shape index (κ1) is 16.0. The molecule has 1 aliphatic rings. The molecular weight excluding hydrogens is 264 g/mol. The highest BCUT2D eigenvalue weighted by Gasteiger charge is 2.27. The number of benzene rings is 1. The molecule has 0 aliphatic carbocycles. The van der Waals surface area contributed by atoms with E-state index in [4.69, 9.17) is 4.74 Å². The Labute approximate surface area is 127 Å². The highest BCUT2D eigenvalue weighted by molar-refractivity contribution is 5.82. The summed E-state index contributed by atoms with van der Waals surface area (Å²) in [4.78, 5) is 12.5. The Bertz CT molecular complexity index is 426. The maximum Gasteiger partial charge on any atom is 0.240 e. The van der Waals surface area contributed by atoms with Crippen LogP contribution in [-0.4, -0.2) is 31.7 Å². The summed E-state index contributed by atoms with van der Waals surface area (Å²) in [5.41, 5.74) is 1.18. The molecule has 4 nitrogen and oxygen atoms in total. The van der Waals surface area contributed by atoms with Crippen LogP contribution in [0.3, 0.4) is 0 Å². The quantitative estimate of drug-likeness (QED) is 0.845. The zero-order chi connectivity index (χ0) is 15.1. The maximum atomic E-state index is 12.5. The van der Waals surface area contributed by atoms with Gasteiger partial charge in [-0.2, -0.15) is 0 Å². The van der Waals surface area contributed by atoms with E-state index in [0.29, 0.717) is 19.1 Å². The van der Waals surface area contributed by atoms with Gasteiger partial charge in [-0.15, -0.1) is 0 Å². The van der Waals surface area contributed by atoms with Crippen molar-refractivity contribution in [2.24, 2.45) is 5.92 Å². The van der Waals surface area contributed by atoms with Gasteiger partial charge in [0.15, 0.2) is 0 Å². The van der Waals surface area contributed by atoms with Gasteiger partial charge >= 0.3 is 0 Å². The first-order valence-electron chi connectivity index (χ1n) is 7.92. The lowest BCUT2D eigenvalue weighted by Crippen LogP contribution is -2.52. The highest BCUT2D eigenvalue weighted by atomic mass is 16.5. The van der Waals surface area contributed by atoms with E-state index in [9.17, 15) is 4.79 Å². The van der Waals surface area contributed by atoms with E-state index in [2.05, 4.69) is 36.6 Å². The van der Waals surface area contributed by atoms with Crippen molar-refractivity contribution in [3.8, 4) is 0 Å². The number of hydrogen-bond donors (Lipinski definition) is 2. The molecule has 116 valence electrons. The van der Waals surface area contributed by atoms with Crippen LogP contribution in [-0.2, 0) is 9.53 Å². The molecule has 0 bridgehead atoms. The largest absolute Gasteiger partial charge is 0.378 e. The molecule has 1 aliphatic heterocycles. The lowest BCUT2D eigenvalue weighted by Gasteiger charge is -2.30. The maximum absolute atomic E-state index is 12.5. The molecule has 2 unspecified atom stereocenters. The van der Waals surface area contributed by atoms with Crippen LogP contribution in [0.15, 0.2) is 30.3 Å². The fraction of sp³-hybridized carbons (Fsp3) is 0.588. The Morgan fingerprint density at radius 1 is 1.33 bits per heavy atom. The Morgan fingerprint density at radius 2 is 2.05 bits per heavy atom. The van der Waals surface area contributed by atoms with Crippen molar-refractivity contribution in [1.82, 2.24) is 10.6 Å². The van der Waals surface area contributed by atoms with Gasteiger partial charge in [-0.25, -0.2) is 0 Å². The Kier molecular flexibility index (Phi) is 6.21. The normalized spacial score (nSPS) is 20.2. The Balaban J connectivity index is 2.10. The van der Waals surface area contributed by atoms with Gasteiger partial charge in [-0.3, -0.25) is 4.79 Å². The van der Waals surface area contributed by atoms with Gasteiger partial charge in [0.1, 0.15) is 6.04 Å². The zero-order valence-corrected chi connectivity index (χ0v) is 13.0. The molecule has 2 rings (SSSR count). The molecule has 4 heteroatoms. The van der Waals surface area contributed by atoms with Gasteiger partial charge in [0.2, 0.25) is 5.91 Å². The van der Waals surface area contributed by atoms with E-state index in [1.807, 2.05) is 18.2 Å². The smallest absolute Gasteiger partial charge is 0.240 e. The summed E-state index contributed by atoms with van der Waals surface area (Å²) < 4.78 is 5.38. The Hall–Kier alpha value is -1.39. The minimum Gasteiger partial charge on any atom is -0.378 e. The van der Waals surface area contributed by atoms with Crippen LogP contribution < -0.4 is 10.6 Å². The predicted octanol–water partition coefficient (Wildman–Crippen LogP) is 2.27. The van der Waals surface area contributed by atoms with E-state index in [-0.39, 0.29) is 18.0 Å². The number of carbonyl (C=O) groups is 1. The second-order valence-corrected chi connectivity index (χ2v) is 5.56. The topological polar surface area (TPSA) is 50.4 Å². The lowest BCUT2D eigenvalue weighted by atomic mass is 9.88. The number of morpholine rings is 1. The van der Waals surface area contributed by atoms with E-state index in [1.165, 1.54) is 5.56 Å². The second kappa shape index (κ2) is 8.15. The van der Waals surface area contributed by atoms with Crippen LogP contribution in [0, 0.1) is 5.92 Å². The van der Waals surface area contributed by atoms with Gasteiger partial charge in [-0.05, 0) is 11.5 Å². The van der Waals surface area contributed by atoms with E-state index in [1.54, 1.807) is 0 Å². The van der Waals surface area contributed by atoms with Crippen LogP contribution in [0.2, 0.25) is 0 Å². The average molecular weight is 290 g/mol. The fourth-order valence-electron chi connectivity index (χ4n) is 2.88. The Morgan fingerprint density at radius 3 is 2.62 bits per heavy atom. The van der Waals surface area contributed by atoms with E-state index < -0.39 is 0 Å². The van der Waals surface area contributed by atoms with Gasteiger partial charge in [0.25, 0.3) is 0 Å². The molecule has 1 heterocycles. The van der Waals surface area contributed by atoms with Crippen molar-refractivity contribution in [3.63, 3.8) is 0 Å². The standard InChI is InChI=1S/C17H26N2O2/c1-3-13(4-2)16(14-8-6-5-7-9-14)19-17(20)15-12-21-11-10-18-15/h5-9,13,15-16,18H,3-4,10-12H2,1-2H3,(H,19,20). The third-order valence-electron chi connectivity index (χ3n) is 4.21. The minimum absolute atomic E-state index is 0.0375. The van der Waals surface area contributed by atoms with Crippen LogP contribution in [0.1, 0.15) is 38.3 Å². The summed E-state index contributed by atoms with van der Waals surface area (Å²) in [6.45, 7) is 6.23. The molecule has 0 aromatic heterocycles. The number of rotatable bonds is 6. The van der Waals surface area contributed by atoms with Crippen molar-refractivity contribution in [3.05, 3.63) is 35.9 Å². The van der Waals surface area contributed by atoms with Gasteiger partial charge in [0, 0.05) is 6.54 Å². The van der Waals surface area contributed by atoms with Gasteiger partial charge in [-0.1, -0.05) is 57.0 Å². The highest BCUT2D eigenvalue weighted by Crippen LogP contribution is 2.27. The number of nitrogens with one attached hydrogen (secondary N) is 2. The van der Waals surface area contributed by atoms with Crippen molar-refractivity contribution < 1.29 is 9.53 Å². The number of ether oxygens (including phenoxy) is 1. The molecule has 0 saturated carbocycles. The van der Waals surface area contributed by atoms with E-state index in [0.717, 1.165) is 19.4 Å². The minimum atomic E-state index is -0.237. The third kappa shape index (κ3) is 4.29. The summed E-state index contributed by atoms with van der Waals surface area (Å²) in [5, 5.41) is 6.44. The number of carbonyl (C=O) groups excluding carboxylic acids is 1. The van der Waals surface area contributed by atoms with Crippen molar-refractivity contribution in [2.75, 3.05) is 19.8 Å².